The highest BCUT2D eigenvalue weighted by molar-refractivity contribution is 5.89. The van der Waals surface area contributed by atoms with Crippen molar-refractivity contribution in [3.05, 3.63) is 48.5 Å². The third-order valence-electron chi connectivity index (χ3n) is 5.49. The molecule has 2 aromatic carbocycles. The topological polar surface area (TPSA) is 80.3 Å². The van der Waals surface area contributed by atoms with Crippen molar-refractivity contribution >= 4 is 17.6 Å². The van der Waals surface area contributed by atoms with E-state index in [4.69, 9.17) is 14.2 Å². The molecular formula is C23H27N3O5. The molecule has 31 heavy (non-hydrogen) atoms. The third kappa shape index (κ3) is 5.08. The van der Waals surface area contributed by atoms with Gasteiger partial charge in [0, 0.05) is 38.5 Å². The monoisotopic (exact) mass is 425 g/mol. The summed E-state index contributed by atoms with van der Waals surface area (Å²) in [5, 5.41) is 2.90. The smallest absolute Gasteiger partial charge is 0.321 e. The number of piperazine rings is 1. The maximum absolute atomic E-state index is 12.6. The molecule has 2 aliphatic heterocycles. The Balaban J connectivity index is 1.27. The minimum absolute atomic E-state index is 0.0446. The standard InChI is InChI=1S/C23H27N3O5/c1-29-19-5-2-3-6-20(19)31-18-10-8-17(9-11-18)24-23(28)26-14-12-25(13-15-26)22(27)21-7-4-16-30-21/h2-3,5-6,8-11,21H,4,7,12-16H2,1H3,(H,24,28). The molecule has 0 saturated carbocycles. The van der Waals surface area contributed by atoms with Crippen LogP contribution in [-0.2, 0) is 9.53 Å². The zero-order valence-electron chi connectivity index (χ0n) is 17.6. The first-order valence-corrected chi connectivity index (χ1v) is 10.5. The van der Waals surface area contributed by atoms with Gasteiger partial charge in [0.1, 0.15) is 11.9 Å². The minimum Gasteiger partial charge on any atom is -0.493 e. The van der Waals surface area contributed by atoms with Crippen LogP contribution in [0.1, 0.15) is 12.8 Å². The van der Waals surface area contributed by atoms with Crippen LogP contribution in [0.25, 0.3) is 0 Å². The van der Waals surface area contributed by atoms with Gasteiger partial charge in [-0.25, -0.2) is 4.79 Å². The molecule has 2 aliphatic rings. The van der Waals surface area contributed by atoms with E-state index in [1.165, 1.54) is 0 Å². The fraction of sp³-hybridized carbons (Fsp3) is 0.391. The van der Waals surface area contributed by atoms with E-state index in [1.807, 2.05) is 24.3 Å². The first-order chi connectivity index (χ1) is 15.1. The van der Waals surface area contributed by atoms with E-state index in [-0.39, 0.29) is 18.0 Å². The predicted molar refractivity (Wildman–Crippen MR) is 116 cm³/mol. The van der Waals surface area contributed by atoms with Gasteiger partial charge in [0.15, 0.2) is 11.5 Å². The Hall–Kier alpha value is -3.26. The number of methoxy groups -OCH3 is 1. The Morgan fingerprint density at radius 3 is 2.29 bits per heavy atom. The molecule has 0 aromatic heterocycles. The SMILES string of the molecule is COc1ccccc1Oc1ccc(NC(=O)N2CCN(C(=O)C3CCCO3)CC2)cc1. The Labute approximate surface area is 181 Å². The highest BCUT2D eigenvalue weighted by Gasteiger charge is 2.31. The van der Waals surface area contributed by atoms with E-state index < -0.39 is 0 Å². The summed E-state index contributed by atoms with van der Waals surface area (Å²) in [4.78, 5) is 28.5. The van der Waals surface area contributed by atoms with E-state index in [2.05, 4.69) is 5.32 Å². The number of benzene rings is 2. The van der Waals surface area contributed by atoms with Gasteiger partial charge in [-0.2, -0.15) is 0 Å². The molecule has 2 heterocycles. The second-order valence-electron chi connectivity index (χ2n) is 7.52. The molecule has 0 bridgehead atoms. The molecule has 8 heteroatoms. The molecule has 0 spiro atoms. The maximum Gasteiger partial charge on any atom is 0.321 e. The van der Waals surface area contributed by atoms with Crippen LogP contribution in [0.5, 0.6) is 17.2 Å². The van der Waals surface area contributed by atoms with E-state index in [1.54, 1.807) is 41.2 Å². The Morgan fingerprint density at radius 1 is 0.968 bits per heavy atom. The molecule has 1 N–H and O–H groups in total. The van der Waals surface area contributed by atoms with Gasteiger partial charge in [-0.05, 0) is 49.2 Å². The molecule has 0 radical (unpaired) electrons. The van der Waals surface area contributed by atoms with E-state index in [9.17, 15) is 9.59 Å². The number of carbonyl (C=O) groups excluding carboxylic acids is 2. The van der Waals surface area contributed by atoms with Gasteiger partial charge in [-0.15, -0.1) is 0 Å². The fourth-order valence-corrected chi connectivity index (χ4v) is 3.74. The zero-order chi connectivity index (χ0) is 21.6. The molecule has 3 amide bonds. The van der Waals surface area contributed by atoms with Gasteiger partial charge in [0.05, 0.1) is 7.11 Å². The van der Waals surface area contributed by atoms with Crippen LogP contribution in [0.3, 0.4) is 0 Å². The average Bonchev–Trinajstić information content (AvgIpc) is 3.35. The summed E-state index contributed by atoms with van der Waals surface area (Å²) < 4.78 is 16.6. The second kappa shape index (κ2) is 9.70. The van der Waals surface area contributed by atoms with E-state index in [0.717, 1.165) is 12.8 Å². The van der Waals surface area contributed by atoms with Gasteiger partial charge in [-0.1, -0.05) is 12.1 Å². The normalized spacial score (nSPS) is 18.5. The summed E-state index contributed by atoms with van der Waals surface area (Å²) >= 11 is 0. The minimum atomic E-state index is -0.308. The van der Waals surface area contributed by atoms with Crippen molar-refractivity contribution in [2.75, 3.05) is 45.2 Å². The van der Waals surface area contributed by atoms with Gasteiger partial charge < -0.3 is 29.3 Å². The Bertz CT molecular complexity index is 904. The summed E-state index contributed by atoms with van der Waals surface area (Å²) in [6.07, 6.45) is 1.41. The van der Waals surface area contributed by atoms with Crippen LogP contribution >= 0.6 is 0 Å². The van der Waals surface area contributed by atoms with Crippen molar-refractivity contribution in [2.45, 2.75) is 18.9 Å². The fourth-order valence-electron chi connectivity index (χ4n) is 3.74. The number of amides is 3. The van der Waals surface area contributed by atoms with Crippen LogP contribution < -0.4 is 14.8 Å². The van der Waals surface area contributed by atoms with Crippen molar-refractivity contribution in [2.24, 2.45) is 0 Å². The molecule has 0 aliphatic carbocycles. The lowest BCUT2D eigenvalue weighted by molar-refractivity contribution is -0.142. The van der Waals surface area contributed by atoms with Crippen molar-refractivity contribution in [3.8, 4) is 17.2 Å². The molecule has 2 fully saturated rings. The number of hydrogen-bond donors (Lipinski definition) is 1. The lowest BCUT2D eigenvalue weighted by Gasteiger charge is -2.35. The highest BCUT2D eigenvalue weighted by Crippen LogP contribution is 2.31. The number of carbonyl (C=O) groups is 2. The summed E-state index contributed by atoms with van der Waals surface area (Å²) in [5.74, 6) is 1.96. The van der Waals surface area contributed by atoms with Crippen molar-refractivity contribution in [1.29, 1.82) is 0 Å². The maximum atomic E-state index is 12.6. The third-order valence-corrected chi connectivity index (χ3v) is 5.49. The first-order valence-electron chi connectivity index (χ1n) is 10.5. The zero-order valence-corrected chi connectivity index (χ0v) is 17.6. The first kappa shape index (κ1) is 21.0. The van der Waals surface area contributed by atoms with Crippen LogP contribution in [0.4, 0.5) is 10.5 Å². The summed E-state index contributed by atoms with van der Waals surface area (Å²) in [6.45, 7) is 2.70. The van der Waals surface area contributed by atoms with Crippen LogP contribution in [0, 0.1) is 0 Å². The molecular weight excluding hydrogens is 398 g/mol. The molecule has 8 nitrogen and oxygen atoms in total. The molecule has 1 atom stereocenters. The summed E-state index contributed by atoms with van der Waals surface area (Å²) in [5.41, 5.74) is 0.676. The summed E-state index contributed by atoms with van der Waals surface area (Å²) in [7, 11) is 1.60. The number of para-hydroxylation sites is 2. The quantitative estimate of drug-likeness (QED) is 0.795. The molecule has 2 aromatic rings. The second-order valence-corrected chi connectivity index (χ2v) is 7.52. The number of anilines is 1. The van der Waals surface area contributed by atoms with Crippen molar-refractivity contribution in [1.82, 2.24) is 9.80 Å². The van der Waals surface area contributed by atoms with Crippen LogP contribution in [0.2, 0.25) is 0 Å². The molecule has 1 unspecified atom stereocenters. The predicted octanol–water partition coefficient (Wildman–Crippen LogP) is 3.34. The van der Waals surface area contributed by atoms with E-state index >= 15 is 0 Å². The number of hydrogen-bond acceptors (Lipinski definition) is 5. The van der Waals surface area contributed by atoms with Crippen LogP contribution in [-0.4, -0.2) is 67.7 Å². The number of nitrogens with one attached hydrogen (secondary N) is 1. The molecule has 164 valence electrons. The largest absolute Gasteiger partial charge is 0.493 e. The Morgan fingerprint density at radius 2 is 1.65 bits per heavy atom. The number of ether oxygens (including phenoxy) is 3. The Kier molecular flexibility index (Phi) is 6.57. The average molecular weight is 425 g/mol. The molecule has 4 rings (SSSR count). The van der Waals surface area contributed by atoms with Crippen LogP contribution in [0.15, 0.2) is 48.5 Å². The number of rotatable bonds is 5. The number of nitrogens with zero attached hydrogens (tertiary/aromatic N) is 2. The van der Waals surface area contributed by atoms with Gasteiger partial charge in [-0.3, -0.25) is 4.79 Å². The lowest BCUT2D eigenvalue weighted by Crippen LogP contribution is -2.53. The van der Waals surface area contributed by atoms with Gasteiger partial charge in [0.2, 0.25) is 0 Å². The lowest BCUT2D eigenvalue weighted by atomic mass is 10.2. The summed E-state index contributed by atoms with van der Waals surface area (Å²) in [6, 6.07) is 14.4. The highest BCUT2D eigenvalue weighted by atomic mass is 16.5. The van der Waals surface area contributed by atoms with Gasteiger partial charge >= 0.3 is 6.03 Å². The molecule has 2 saturated heterocycles. The van der Waals surface area contributed by atoms with Crippen molar-refractivity contribution in [3.63, 3.8) is 0 Å². The van der Waals surface area contributed by atoms with Crippen molar-refractivity contribution < 1.29 is 23.8 Å². The number of urea groups is 1. The van der Waals surface area contributed by atoms with Gasteiger partial charge in [0.25, 0.3) is 5.91 Å². The van der Waals surface area contributed by atoms with E-state index in [0.29, 0.717) is 55.7 Å².